The highest BCUT2D eigenvalue weighted by molar-refractivity contribution is 5.93. The van der Waals surface area contributed by atoms with E-state index >= 15 is 0 Å². The molecule has 0 aliphatic rings. The average Bonchev–Trinajstić information content (AvgIpc) is 2.68. The summed E-state index contributed by atoms with van der Waals surface area (Å²) < 4.78 is 0. The van der Waals surface area contributed by atoms with Crippen molar-refractivity contribution in [3.05, 3.63) is 89.7 Å². The normalized spacial score (nSPS) is 10.2. The minimum Gasteiger partial charge on any atom is -0.354 e. The molecule has 3 rings (SSSR count). The fraction of sp³-hybridized carbons (Fsp3) is 0.150. The number of aromatic nitrogens is 2. The van der Waals surface area contributed by atoms with Gasteiger partial charge < -0.3 is 10.6 Å². The van der Waals surface area contributed by atoms with E-state index in [1.54, 1.807) is 0 Å². The molecule has 0 saturated carbocycles. The molecule has 0 spiro atoms. The van der Waals surface area contributed by atoms with Crippen LogP contribution in [-0.4, -0.2) is 22.4 Å². The van der Waals surface area contributed by atoms with E-state index < -0.39 is 0 Å². The summed E-state index contributed by atoms with van der Waals surface area (Å²) in [6.45, 7) is 1.22. The molecular formula is C20H20N4O. The van der Waals surface area contributed by atoms with Crippen molar-refractivity contribution in [3.63, 3.8) is 0 Å². The lowest BCUT2D eigenvalue weighted by Crippen LogP contribution is -2.23. The van der Waals surface area contributed by atoms with E-state index in [4.69, 9.17) is 0 Å². The molecule has 1 heterocycles. The number of hydrogen-bond acceptors (Lipinski definition) is 4. The summed E-state index contributed by atoms with van der Waals surface area (Å²) in [6.07, 6.45) is 3.97. The van der Waals surface area contributed by atoms with Gasteiger partial charge in [0.15, 0.2) is 0 Å². The maximum absolute atomic E-state index is 12.1. The topological polar surface area (TPSA) is 66.9 Å². The van der Waals surface area contributed by atoms with Crippen LogP contribution in [0.3, 0.4) is 0 Å². The van der Waals surface area contributed by atoms with Gasteiger partial charge in [0.1, 0.15) is 0 Å². The smallest absolute Gasteiger partial charge is 0.254 e. The van der Waals surface area contributed by atoms with Gasteiger partial charge in [0, 0.05) is 25.5 Å². The van der Waals surface area contributed by atoms with Crippen molar-refractivity contribution in [1.29, 1.82) is 0 Å². The van der Waals surface area contributed by atoms with Crippen LogP contribution in [0.2, 0.25) is 0 Å². The van der Waals surface area contributed by atoms with Crippen molar-refractivity contribution in [2.24, 2.45) is 0 Å². The highest BCUT2D eigenvalue weighted by atomic mass is 16.1. The lowest BCUT2D eigenvalue weighted by atomic mass is 10.1. The number of hydrogen-bond donors (Lipinski definition) is 2. The number of carbonyl (C=O) groups is 1. The first kappa shape index (κ1) is 16.6. The first-order valence-electron chi connectivity index (χ1n) is 8.23. The zero-order valence-electron chi connectivity index (χ0n) is 13.9. The Hall–Kier alpha value is -3.21. The third kappa shape index (κ3) is 5.14. The summed E-state index contributed by atoms with van der Waals surface area (Å²) in [4.78, 5) is 20.5. The van der Waals surface area contributed by atoms with Gasteiger partial charge in [-0.1, -0.05) is 60.7 Å². The standard InChI is InChI=1S/C20H20N4O/c25-19(22-13-17-9-5-2-6-10-17)18-14-23-20(24-15-18)21-12-11-16-7-3-1-4-8-16/h1-10,14-15H,11-13H2,(H,22,25)(H,21,23,24). The van der Waals surface area contributed by atoms with E-state index in [0.717, 1.165) is 18.5 Å². The molecule has 2 N–H and O–H groups in total. The molecule has 2 aromatic carbocycles. The van der Waals surface area contributed by atoms with Crippen molar-refractivity contribution in [2.45, 2.75) is 13.0 Å². The van der Waals surface area contributed by atoms with Gasteiger partial charge in [-0.2, -0.15) is 0 Å². The van der Waals surface area contributed by atoms with Crippen LogP contribution in [0.1, 0.15) is 21.5 Å². The molecule has 3 aromatic rings. The summed E-state index contributed by atoms with van der Waals surface area (Å²) in [5.74, 6) is 0.343. The van der Waals surface area contributed by atoms with Gasteiger partial charge in [-0.25, -0.2) is 9.97 Å². The predicted octanol–water partition coefficient (Wildman–Crippen LogP) is 3.06. The number of anilines is 1. The van der Waals surface area contributed by atoms with E-state index in [-0.39, 0.29) is 5.91 Å². The van der Waals surface area contributed by atoms with Crippen LogP contribution in [0.4, 0.5) is 5.95 Å². The third-order valence-electron chi connectivity index (χ3n) is 3.75. The van der Waals surface area contributed by atoms with E-state index in [9.17, 15) is 4.79 Å². The Kier molecular flexibility index (Phi) is 5.72. The van der Waals surface area contributed by atoms with E-state index in [1.165, 1.54) is 18.0 Å². The second kappa shape index (κ2) is 8.59. The van der Waals surface area contributed by atoms with Crippen LogP contribution >= 0.6 is 0 Å². The molecule has 0 aliphatic heterocycles. The van der Waals surface area contributed by atoms with Gasteiger partial charge in [-0.3, -0.25) is 4.79 Å². The first-order chi connectivity index (χ1) is 12.3. The Morgan fingerprint density at radius 2 is 1.44 bits per heavy atom. The molecule has 25 heavy (non-hydrogen) atoms. The average molecular weight is 332 g/mol. The van der Waals surface area contributed by atoms with Crippen LogP contribution in [0.15, 0.2) is 73.1 Å². The molecule has 0 aliphatic carbocycles. The Labute approximate surface area is 147 Å². The summed E-state index contributed by atoms with van der Waals surface area (Å²) in [6, 6.07) is 20.0. The third-order valence-corrected chi connectivity index (χ3v) is 3.75. The molecule has 0 unspecified atom stereocenters. The van der Waals surface area contributed by atoms with Crippen molar-refractivity contribution in [3.8, 4) is 0 Å². The fourth-order valence-electron chi connectivity index (χ4n) is 2.38. The summed E-state index contributed by atoms with van der Waals surface area (Å²) in [5.41, 5.74) is 2.76. The molecule has 5 nitrogen and oxygen atoms in total. The van der Waals surface area contributed by atoms with Crippen LogP contribution < -0.4 is 10.6 Å². The Morgan fingerprint density at radius 3 is 2.08 bits per heavy atom. The molecular weight excluding hydrogens is 312 g/mol. The van der Waals surface area contributed by atoms with Crippen molar-refractivity contribution >= 4 is 11.9 Å². The lowest BCUT2D eigenvalue weighted by molar-refractivity contribution is 0.0950. The largest absolute Gasteiger partial charge is 0.354 e. The van der Waals surface area contributed by atoms with Gasteiger partial charge in [0.2, 0.25) is 5.95 Å². The lowest BCUT2D eigenvalue weighted by Gasteiger charge is -2.07. The molecule has 0 fully saturated rings. The quantitative estimate of drug-likeness (QED) is 0.698. The van der Waals surface area contributed by atoms with Crippen LogP contribution in [-0.2, 0) is 13.0 Å². The second-order valence-electron chi connectivity index (χ2n) is 5.63. The van der Waals surface area contributed by atoms with Crippen molar-refractivity contribution in [2.75, 3.05) is 11.9 Å². The Bertz CT molecular complexity index is 789. The van der Waals surface area contributed by atoms with Crippen molar-refractivity contribution in [1.82, 2.24) is 15.3 Å². The highest BCUT2D eigenvalue weighted by Crippen LogP contribution is 2.04. The van der Waals surface area contributed by atoms with Crippen molar-refractivity contribution < 1.29 is 4.79 Å². The highest BCUT2D eigenvalue weighted by Gasteiger charge is 2.06. The minimum atomic E-state index is -0.181. The van der Waals surface area contributed by atoms with Gasteiger partial charge in [0.25, 0.3) is 5.91 Å². The molecule has 0 atom stereocenters. The Balaban J connectivity index is 1.47. The zero-order valence-corrected chi connectivity index (χ0v) is 13.9. The number of nitrogens with one attached hydrogen (secondary N) is 2. The molecule has 1 amide bonds. The SMILES string of the molecule is O=C(NCc1ccccc1)c1cnc(NCCc2ccccc2)nc1. The summed E-state index contributed by atoms with van der Waals surface area (Å²) in [5, 5.41) is 6.02. The van der Waals surface area contributed by atoms with Gasteiger partial charge in [-0.05, 0) is 17.5 Å². The van der Waals surface area contributed by atoms with Crippen LogP contribution in [0.5, 0.6) is 0 Å². The number of benzene rings is 2. The van der Waals surface area contributed by atoms with E-state index in [2.05, 4.69) is 32.7 Å². The minimum absolute atomic E-state index is 0.181. The molecule has 5 heteroatoms. The fourth-order valence-corrected chi connectivity index (χ4v) is 2.38. The van der Waals surface area contributed by atoms with E-state index in [0.29, 0.717) is 18.1 Å². The maximum atomic E-state index is 12.1. The number of amides is 1. The molecule has 0 radical (unpaired) electrons. The first-order valence-corrected chi connectivity index (χ1v) is 8.23. The predicted molar refractivity (Wildman–Crippen MR) is 98.3 cm³/mol. The molecule has 126 valence electrons. The molecule has 0 bridgehead atoms. The number of rotatable bonds is 7. The summed E-state index contributed by atoms with van der Waals surface area (Å²) >= 11 is 0. The number of carbonyl (C=O) groups excluding carboxylic acids is 1. The monoisotopic (exact) mass is 332 g/mol. The van der Waals surface area contributed by atoms with E-state index in [1.807, 2.05) is 48.5 Å². The molecule has 0 saturated heterocycles. The Morgan fingerprint density at radius 1 is 0.840 bits per heavy atom. The van der Waals surface area contributed by atoms with Crippen LogP contribution in [0, 0.1) is 0 Å². The van der Waals surface area contributed by atoms with Gasteiger partial charge in [-0.15, -0.1) is 0 Å². The van der Waals surface area contributed by atoms with Gasteiger partial charge >= 0.3 is 0 Å². The maximum Gasteiger partial charge on any atom is 0.254 e. The number of nitrogens with zero attached hydrogens (tertiary/aromatic N) is 2. The van der Waals surface area contributed by atoms with Gasteiger partial charge in [0.05, 0.1) is 5.56 Å². The zero-order chi connectivity index (χ0) is 17.3. The molecule has 1 aromatic heterocycles. The summed E-state index contributed by atoms with van der Waals surface area (Å²) in [7, 11) is 0. The second-order valence-corrected chi connectivity index (χ2v) is 5.63. The van der Waals surface area contributed by atoms with Crippen LogP contribution in [0.25, 0.3) is 0 Å².